The van der Waals surface area contributed by atoms with E-state index in [2.05, 4.69) is 61.8 Å². The number of carbonyl (C=O) groups is 4. The van der Waals surface area contributed by atoms with Crippen LogP contribution in [0.15, 0.2) is 46.4 Å². The van der Waals surface area contributed by atoms with Crippen LogP contribution in [0.1, 0.15) is 111 Å². The zero-order valence-corrected chi connectivity index (χ0v) is 40.2. The Bertz CT molecular complexity index is 1890. The van der Waals surface area contributed by atoms with Crippen molar-refractivity contribution in [2.24, 2.45) is 0 Å². The molecule has 0 bridgehead atoms. The van der Waals surface area contributed by atoms with Gasteiger partial charge < -0.3 is 34.0 Å². The standard InChI is InChI=1S/C20H32BN3O6.C14H20BrN3O4.C4H4BrN3/c1-17(2,3)27-15(25)24(16(26)28-18(4,5)6)14-12-22-11-13(23-14)21-29-19(7,8)20(9,10)30-21;1-13(2,3)21-11(19)18(12(20)22-14(4,5)6)10-8-16-7-9(15)17-10;5-3-1-7-2-4(6)8-3/h11-12H,1-10H3;7-8H,1-6H3;1-2H,(H2,6,8). The summed E-state index contributed by atoms with van der Waals surface area (Å²) < 4.78 is 34.2. The maximum Gasteiger partial charge on any atom is 0.516 e. The normalized spacial score (nSPS) is 14.6. The van der Waals surface area contributed by atoms with Gasteiger partial charge in [0.2, 0.25) is 0 Å². The number of nitrogen functional groups attached to an aromatic ring is 1. The van der Waals surface area contributed by atoms with E-state index in [-0.39, 0.29) is 11.6 Å². The molecule has 1 aliphatic rings. The van der Waals surface area contributed by atoms with Crippen LogP contribution in [-0.4, -0.2) is 95.0 Å². The third kappa shape index (κ3) is 17.2. The molecule has 0 spiro atoms. The molecule has 330 valence electrons. The molecular formula is C38H56BBr2N9O10. The zero-order valence-electron chi connectivity index (χ0n) is 37.0. The lowest BCUT2D eigenvalue weighted by Crippen LogP contribution is -2.45. The van der Waals surface area contributed by atoms with Crippen LogP contribution < -0.4 is 21.1 Å². The van der Waals surface area contributed by atoms with Crippen molar-refractivity contribution in [3.8, 4) is 0 Å². The van der Waals surface area contributed by atoms with Gasteiger partial charge in [0.15, 0.2) is 11.6 Å². The van der Waals surface area contributed by atoms with Gasteiger partial charge in [0.25, 0.3) is 0 Å². The number of anilines is 3. The van der Waals surface area contributed by atoms with Crippen molar-refractivity contribution in [2.45, 2.75) is 144 Å². The molecule has 4 amide bonds. The molecule has 1 saturated heterocycles. The quantitative estimate of drug-likeness (QED) is 0.192. The molecule has 60 heavy (non-hydrogen) atoms. The van der Waals surface area contributed by atoms with Crippen molar-refractivity contribution in [3.63, 3.8) is 0 Å². The minimum absolute atomic E-state index is 0.0119. The topological polar surface area (TPSA) is 234 Å². The highest BCUT2D eigenvalue weighted by molar-refractivity contribution is 9.10. The van der Waals surface area contributed by atoms with Gasteiger partial charge >= 0.3 is 31.5 Å². The number of hydrogen-bond donors (Lipinski definition) is 1. The van der Waals surface area contributed by atoms with Crippen LogP contribution in [0.25, 0.3) is 0 Å². The van der Waals surface area contributed by atoms with E-state index in [1.54, 1.807) is 89.3 Å². The predicted molar refractivity (Wildman–Crippen MR) is 232 cm³/mol. The lowest BCUT2D eigenvalue weighted by atomic mass is 9.85. The van der Waals surface area contributed by atoms with Crippen LogP contribution in [0, 0.1) is 0 Å². The van der Waals surface area contributed by atoms with Gasteiger partial charge in [-0.1, -0.05) is 0 Å². The average Bonchev–Trinajstić information content (AvgIpc) is 3.24. The van der Waals surface area contributed by atoms with Gasteiger partial charge in [-0.25, -0.2) is 34.1 Å². The summed E-state index contributed by atoms with van der Waals surface area (Å²) in [5, 5.41) is 0. The lowest BCUT2D eigenvalue weighted by Gasteiger charge is -2.32. The molecule has 0 aromatic carbocycles. The van der Waals surface area contributed by atoms with E-state index in [4.69, 9.17) is 34.0 Å². The molecular weight excluding hydrogens is 913 g/mol. The van der Waals surface area contributed by atoms with Gasteiger partial charge in [-0.05, 0) is 143 Å². The Morgan fingerprint density at radius 3 is 1.17 bits per heavy atom. The number of ether oxygens (including phenoxy) is 4. The average molecular weight is 970 g/mol. The number of nitrogens with zero attached hydrogens (tertiary/aromatic N) is 8. The molecule has 0 unspecified atom stereocenters. The Balaban J connectivity index is 0.000000359. The van der Waals surface area contributed by atoms with Crippen molar-refractivity contribution < 1.29 is 47.4 Å². The molecule has 3 aromatic heterocycles. The molecule has 0 radical (unpaired) electrons. The highest BCUT2D eigenvalue weighted by Crippen LogP contribution is 2.36. The fraction of sp³-hybridized carbons (Fsp3) is 0.579. The van der Waals surface area contributed by atoms with Crippen LogP contribution in [0.3, 0.4) is 0 Å². The summed E-state index contributed by atoms with van der Waals surface area (Å²) in [4.78, 5) is 75.7. The summed E-state index contributed by atoms with van der Waals surface area (Å²) in [7, 11) is -0.804. The number of nitrogens with two attached hydrogens (primary N) is 1. The first-order valence-electron chi connectivity index (χ1n) is 18.5. The molecule has 3 aromatic rings. The van der Waals surface area contributed by atoms with E-state index in [0.717, 1.165) is 4.90 Å². The Morgan fingerprint density at radius 1 is 0.550 bits per heavy atom. The van der Waals surface area contributed by atoms with Gasteiger partial charge in [0.05, 0.1) is 47.8 Å². The minimum atomic E-state index is -0.919. The van der Waals surface area contributed by atoms with E-state index in [0.29, 0.717) is 25.5 Å². The van der Waals surface area contributed by atoms with Gasteiger partial charge in [-0.2, -0.15) is 9.80 Å². The lowest BCUT2D eigenvalue weighted by molar-refractivity contribution is 0.00578. The molecule has 0 aliphatic carbocycles. The summed E-state index contributed by atoms with van der Waals surface area (Å²) >= 11 is 6.26. The number of rotatable bonds is 3. The van der Waals surface area contributed by atoms with Crippen LogP contribution in [0.4, 0.5) is 36.6 Å². The monoisotopic (exact) mass is 967 g/mol. The number of halogens is 2. The highest BCUT2D eigenvalue weighted by atomic mass is 79.9. The van der Waals surface area contributed by atoms with Crippen LogP contribution in [0.5, 0.6) is 0 Å². The van der Waals surface area contributed by atoms with Crippen molar-refractivity contribution in [1.82, 2.24) is 29.9 Å². The number of amides is 4. The molecule has 4 rings (SSSR count). The summed E-state index contributed by atoms with van der Waals surface area (Å²) in [6.07, 6.45) is 4.93. The molecule has 19 nitrogen and oxygen atoms in total. The third-order valence-corrected chi connectivity index (χ3v) is 7.88. The second kappa shape index (κ2) is 19.9. The molecule has 22 heteroatoms. The van der Waals surface area contributed by atoms with Crippen molar-refractivity contribution >= 4 is 86.4 Å². The molecule has 1 aliphatic heterocycles. The molecule has 4 heterocycles. The summed E-state index contributed by atoms with van der Waals surface area (Å²) in [6, 6.07) is 0. The van der Waals surface area contributed by atoms with E-state index < -0.39 is 65.1 Å². The Morgan fingerprint density at radius 2 is 0.867 bits per heavy atom. The first-order chi connectivity index (χ1) is 27.1. The number of hydrogen-bond acceptors (Lipinski definition) is 17. The van der Waals surface area contributed by atoms with Gasteiger partial charge in [0.1, 0.15) is 37.4 Å². The zero-order chi connectivity index (χ0) is 46.2. The summed E-state index contributed by atoms with van der Waals surface area (Å²) in [6.45, 7) is 28.0. The fourth-order valence-corrected chi connectivity index (χ4v) is 4.73. The van der Waals surface area contributed by atoms with Crippen molar-refractivity contribution in [3.05, 3.63) is 46.4 Å². The minimum Gasteiger partial charge on any atom is -0.443 e. The SMILES string of the molecule is CC(C)(C)OC(=O)N(C(=O)OC(C)(C)C)c1cncc(B2OC(C)(C)C(C)(C)O2)n1.CC(C)(C)OC(=O)N(C(=O)OC(C)(C)C)c1cncc(Br)n1.Nc1cncc(Br)n1. The Hall–Kier alpha value is -4.54. The first-order valence-corrected chi connectivity index (χ1v) is 20.1. The van der Waals surface area contributed by atoms with E-state index in [1.807, 2.05) is 27.7 Å². The largest absolute Gasteiger partial charge is 0.516 e. The third-order valence-electron chi connectivity index (χ3n) is 7.11. The first kappa shape index (κ1) is 51.6. The van der Waals surface area contributed by atoms with Crippen molar-refractivity contribution in [2.75, 3.05) is 15.5 Å². The predicted octanol–water partition coefficient (Wildman–Crippen LogP) is 8.19. The number of aromatic nitrogens is 6. The molecule has 1 fully saturated rings. The summed E-state index contributed by atoms with van der Waals surface area (Å²) in [5.74, 6) is 0.392. The van der Waals surface area contributed by atoms with Crippen LogP contribution >= 0.6 is 31.9 Å². The number of carbonyl (C=O) groups excluding carboxylic acids is 4. The van der Waals surface area contributed by atoms with Gasteiger partial charge in [0, 0.05) is 6.20 Å². The Labute approximate surface area is 368 Å². The number of imide groups is 2. The second-order valence-corrected chi connectivity index (χ2v) is 19.6. The highest BCUT2D eigenvalue weighted by Gasteiger charge is 2.52. The van der Waals surface area contributed by atoms with Crippen LogP contribution in [-0.2, 0) is 28.3 Å². The van der Waals surface area contributed by atoms with Crippen molar-refractivity contribution in [1.29, 1.82) is 0 Å². The van der Waals surface area contributed by atoms with Gasteiger partial charge in [-0.3, -0.25) is 15.0 Å². The summed E-state index contributed by atoms with van der Waals surface area (Å²) in [5.41, 5.74) is 1.24. The second-order valence-electron chi connectivity index (χ2n) is 17.9. The fourth-order valence-electron chi connectivity index (χ4n) is 4.11. The van der Waals surface area contributed by atoms with Crippen LogP contribution in [0.2, 0.25) is 0 Å². The van der Waals surface area contributed by atoms with Gasteiger partial charge in [-0.15, -0.1) is 0 Å². The molecule has 0 saturated carbocycles. The van der Waals surface area contributed by atoms with E-state index >= 15 is 0 Å². The Kier molecular flexibility index (Phi) is 17.1. The maximum atomic E-state index is 12.8. The smallest absolute Gasteiger partial charge is 0.443 e. The van der Waals surface area contributed by atoms with E-state index in [9.17, 15) is 19.2 Å². The maximum absolute atomic E-state index is 12.8. The molecule has 2 N–H and O–H groups in total. The molecule has 0 atom stereocenters. The van der Waals surface area contributed by atoms with E-state index in [1.165, 1.54) is 31.0 Å².